The minimum atomic E-state index is -2.44. The molecule has 0 bridgehead atoms. The summed E-state index contributed by atoms with van der Waals surface area (Å²) in [6.45, 7) is 22.3. The number of nitrogens with zero attached hydrogens (tertiary/aromatic N) is 1. The largest absolute Gasteiger partial charge is 0.437 e. The second-order valence-corrected chi connectivity index (χ2v) is 27.0. The van der Waals surface area contributed by atoms with Gasteiger partial charge in [-0.1, -0.05) is 0 Å². The first-order valence-electron chi connectivity index (χ1n) is 10.3. The Kier molecular flexibility index (Phi) is 8.66. The molecule has 1 rings (SSSR count). The standard InChI is InChI=1S/C18H41NO5Si4/c1-16(20)17-14-18(21)19(15-17)12-11-13-28(10,23-26(5,6)7)24-27(8,9)22-25(2,3)4/h17H,11-15H2,1-10H3. The average molecular weight is 464 g/mol. The minimum absolute atomic E-state index is 0.0902. The SMILES string of the molecule is CC(=O)C1CC(=O)N(CCC[Si](C)(O[Si](C)(C)C)O[Si](C)(C)O[Si](C)(C)C)C1. The van der Waals surface area contributed by atoms with Crippen LogP contribution in [0.4, 0.5) is 0 Å². The van der Waals surface area contributed by atoms with Gasteiger partial charge >= 0.3 is 17.1 Å². The van der Waals surface area contributed by atoms with Gasteiger partial charge in [-0.25, -0.2) is 0 Å². The van der Waals surface area contributed by atoms with E-state index in [4.69, 9.17) is 12.3 Å². The van der Waals surface area contributed by atoms with Gasteiger partial charge < -0.3 is 17.2 Å². The van der Waals surface area contributed by atoms with E-state index in [1.807, 2.05) is 4.90 Å². The van der Waals surface area contributed by atoms with Crippen LogP contribution in [0.3, 0.4) is 0 Å². The van der Waals surface area contributed by atoms with Gasteiger partial charge in [-0.15, -0.1) is 0 Å². The number of ketones is 1. The Hall–Kier alpha value is -0.112. The van der Waals surface area contributed by atoms with Crippen molar-refractivity contribution in [3.05, 3.63) is 0 Å². The van der Waals surface area contributed by atoms with E-state index in [2.05, 4.69) is 58.9 Å². The smallest absolute Gasteiger partial charge is 0.315 e. The van der Waals surface area contributed by atoms with Crippen molar-refractivity contribution in [2.24, 2.45) is 5.92 Å². The van der Waals surface area contributed by atoms with Gasteiger partial charge in [0.1, 0.15) is 5.78 Å². The lowest BCUT2D eigenvalue weighted by atomic mass is 10.1. The lowest BCUT2D eigenvalue weighted by Crippen LogP contribution is -2.57. The fourth-order valence-corrected chi connectivity index (χ4v) is 21.8. The van der Waals surface area contributed by atoms with Crippen LogP contribution in [0.25, 0.3) is 0 Å². The number of rotatable bonds is 11. The van der Waals surface area contributed by atoms with E-state index in [0.717, 1.165) is 12.5 Å². The second-order valence-electron chi connectivity index (χ2n) is 10.5. The van der Waals surface area contributed by atoms with E-state index in [9.17, 15) is 9.59 Å². The fourth-order valence-electron chi connectivity index (χ4n) is 3.90. The molecule has 0 aromatic carbocycles. The Morgan fingerprint density at radius 3 is 1.93 bits per heavy atom. The summed E-state index contributed by atoms with van der Waals surface area (Å²) in [5.41, 5.74) is 0. The summed E-state index contributed by atoms with van der Waals surface area (Å²) in [7, 11) is -8.22. The molecule has 1 heterocycles. The molecule has 1 fully saturated rings. The maximum Gasteiger partial charge on any atom is 0.315 e. The van der Waals surface area contributed by atoms with Crippen LogP contribution in [0.15, 0.2) is 0 Å². The summed E-state index contributed by atoms with van der Waals surface area (Å²) in [6.07, 6.45) is 1.19. The normalized spacial score (nSPS) is 21.1. The van der Waals surface area contributed by atoms with E-state index in [0.29, 0.717) is 19.5 Å². The molecule has 0 radical (unpaired) electrons. The van der Waals surface area contributed by atoms with Gasteiger partial charge in [0, 0.05) is 25.4 Å². The maximum absolute atomic E-state index is 12.2. The third-order valence-electron chi connectivity index (χ3n) is 4.38. The molecule has 1 aliphatic heterocycles. The van der Waals surface area contributed by atoms with Gasteiger partial charge in [0.2, 0.25) is 5.91 Å². The summed E-state index contributed by atoms with van der Waals surface area (Å²) in [5.74, 6) is 0.0613. The van der Waals surface area contributed by atoms with E-state index in [1.54, 1.807) is 6.92 Å². The molecule has 2 unspecified atom stereocenters. The predicted octanol–water partition coefficient (Wildman–Crippen LogP) is 4.31. The monoisotopic (exact) mass is 463 g/mol. The van der Waals surface area contributed by atoms with Crippen molar-refractivity contribution in [1.82, 2.24) is 4.90 Å². The summed E-state index contributed by atoms with van der Waals surface area (Å²) in [6, 6.07) is 0.831. The molecular weight excluding hydrogens is 423 g/mol. The molecular formula is C18H41NO5Si4. The highest BCUT2D eigenvalue weighted by Gasteiger charge is 2.44. The van der Waals surface area contributed by atoms with Crippen LogP contribution in [0.5, 0.6) is 0 Å². The number of Topliss-reactive ketones (excluding diaryl/α,β-unsaturated/α-hetero) is 1. The zero-order chi connectivity index (χ0) is 22.0. The fraction of sp³-hybridized carbons (Fsp3) is 0.889. The van der Waals surface area contributed by atoms with Crippen LogP contribution < -0.4 is 0 Å². The highest BCUT2D eigenvalue weighted by atomic mass is 28.5. The number of carbonyl (C=O) groups excluding carboxylic acids is 2. The molecule has 2 atom stereocenters. The van der Waals surface area contributed by atoms with Crippen molar-refractivity contribution in [3.8, 4) is 0 Å². The van der Waals surface area contributed by atoms with E-state index in [1.165, 1.54) is 0 Å². The van der Waals surface area contributed by atoms with Crippen molar-refractivity contribution in [1.29, 1.82) is 0 Å². The highest BCUT2D eigenvalue weighted by molar-refractivity contribution is 6.89. The van der Waals surface area contributed by atoms with Gasteiger partial charge in [0.25, 0.3) is 0 Å². The first-order chi connectivity index (χ1) is 12.4. The van der Waals surface area contributed by atoms with Gasteiger partial charge in [0.15, 0.2) is 16.6 Å². The Morgan fingerprint density at radius 1 is 0.964 bits per heavy atom. The Bertz CT molecular complexity index is 573. The zero-order valence-corrected chi connectivity index (χ0v) is 23.6. The van der Waals surface area contributed by atoms with Crippen LogP contribution >= 0.6 is 0 Å². The van der Waals surface area contributed by atoms with Gasteiger partial charge in [0.05, 0.1) is 0 Å². The lowest BCUT2D eigenvalue weighted by Gasteiger charge is -2.41. The molecule has 28 heavy (non-hydrogen) atoms. The number of carbonyl (C=O) groups is 2. The molecule has 0 aromatic rings. The topological polar surface area (TPSA) is 65.1 Å². The summed E-state index contributed by atoms with van der Waals surface area (Å²) in [5, 5.41) is 0. The molecule has 0 saturated carbocycles. The van der Waals surface area contributed by atoms with Gasteiger partial charge in [-0.3, -0.25) is 9.59 Å². The predicted molar refractivity (Wildman–Crippen MR) is 124 cm³/mol. The summed E-state index contributed by atoms with van der Waals surface area (Å²) >= 11 is 0. The van der Waals surface area contributed by atoms with Crippen LogP contribution in [0, 0.1) is 5.92 Å². The quantitative estimate of drug-likeness (QED) is 0.427. The number of amides is 1. The van der Waals surface area contributed by atoms with E-state index < -0.39 is 33.8 Å². The third-order valence-corrected chi connectivity index (χ3v) is 17.9. The van der Waals surface area contributed by atoms with Crippen molar-refractivity contribution in [2.45, 2.75) is 84.7 Å². The van der Waals surface area contributed by atoms with Gasteiger partial charge in [-0.2, -0.15) is 0 Å². The van der Waals surface area contributed by atoms with Crippen LogP contribution in [-0.2, 0) is 21.9 Å². The maximum atomic E-state index is 12.2. The van der Waals surface area contributed by atoms with Crippen molar-refractivity contribution in [2.75, 3.05) is 13.1 Å². The van der Waals surface area contributed by atoms with E-state index in [-0.39, 0.29) is 17.6 Å². The van der Waals surface area contributed by atoms with Crippen molar-refractivity contribution >= 4 is 45.4 Å². The van der Waals surface area contributed by atoms with Crippen molar-refractivity contribution < 1.29 is 21.9 Å². The number of hydrogen-bond acceptors (Lipinski definition) is 5. The molecule has 0 aromatic heterocycles. The molecule has 1 aliphatic rings. The Balaban J connectivity index is 2.76. The van der Waals surface area contributed by atoms with Gasteiger partial charge in [-0.05, 0) is 78.3 Å². The molecule has 164 valence electrons. The molecule has 1 saturated heterocycles. The second kappa shape index (κ2) is 9.36. The first kappa shape index (κ1) is 25.9. The zero-order valence-electron chi connectivity index (χ0n) is 19.6. The highest BCUT2D eigenvalue weighted by Crippen LogP contribution is 2.28. The minimum Gasteiger partial charge on any atom is -0.437 e. The third kappa shape index (κ3) is 9.59. The molecule has 0 N–H and O–H groups in total. The molecule has 0 spiro atoms. The molecule has 6 nitrogen and oxygen atoms in total. The number of hydrogen-bond donors (Lipinski definition) is 0. The summed E-state index contributed by atoms with van der Waals surface area (Å²) < 4.78 is 19.7. The molecule has 0 aliphatic carbocycles. The molecule has 1 amide bonds. The summed E-state index contributed by atoms with van der Waals surface area (Å²) in [4.78, 5) is 25.6. The van der Waals surface area contributed by atoms with Crippen molar-refractivity contribution in [3.63, 3.8) is 0 Å². The number of likely N-dealkylation sites (tertiary alicyclic amines) is 1. The first-order valence-corrected chi connectivity index (χ1v) is 22.5. The van der Waals surface area contributed by atoms with Crippen LogP contribution in [0.1, 0.15) is 19.8 Å². The average Bonchev–Trinajstić information content (AvgIpc) is 2.74. The Morgan fingerprint density at radius 2 is 1.50 bits per heavy atom. The van der Waals surface area contributed by atoms with E-state index >= 15 is 0 Å². The Labute approximate surface area is 176 Å². The van der Waals surface area contributed by atoms with Crippen LogP contribution in [0.2, 0.25) is 65.0 Å². The van der Waals surface area contributed by atoms with Crippen LogP contribution in [-0.4, -0.2) is 63.4 Å². The lowest BCUT2D eigenvalue weighted by molar-refractivity contribution is -0.128. The molecule has 10 heteroatoms.